The standard InChI is InChI=1S/C17H26N2O2/c1-11-8-15(14(18)9-13(11)16(20)21-4)19-12-6-5-7-17(2,3)10-12/h8-9,12,19H,5-7,10,18H2,1-4H3. The zero-order chi connectivity index (χ0) is 15.6. The topological polar surface area (TPSA) is 64.3 Å². The summed E-state index contributed by atoms with van der Waals surface area (Å²) >= 11 is 0. The first kappa shape index (κ1) is 15.7. The molecule has 0 saturated heterocycles. The Morgan fingerprint density at radius 3 is 2.76 bits per heavy atom. The van der Waals surface area contributed by atoms with Gasteiger partial charge in [0.25, 0.3) is 0 Å². The summed E-state index contributed by atoms with van der Waals surface area (Å²) in [6.45, 7) is 6.54. The van der Waals surface area contributed by atoms with E-state index in [0.29, 0.717) is 22.7 Å². The van der Waals surface area contributed by atoms with E-state index in [9.17, 15) is 4.79 Å². The van der Waals surface area contributed by atoms with Crippen LogP contribution in [0.25, 0.3) is 0 Å². The zero-order valence-electron chi connectivity index (χ0n) is 13.5. The molecule has 0 amide bonds. The summed E-state index contributed by atoms with van der Waals surface area (Å²) in [6, 6.07) is 4.10. The molecule has 3 N–H and O–H groups in total. The average molecular weight is 290 g/mol. The minimum absolute atomic E-state index is 0.343. The first-order valence-electron chi connectivity index (χ1n) is 7.57. The van der Waals surface area contributed by atoms with Gasteiger partial charge in [-0.1, -0.05) is 20.3 Å². The van der Waals surface area contributed by atoms with Crippen LogP contribution in [0.15, 0.2) is 12.1 Å². The molecule has 1 fully saturated rings. The van der Waals surface area contributed by atoms with Gasteiger partial charge in [-0.05, 0) is 49.3 Å². The number of hydrogen-bond donors (Lipinski definition) is 2. The number of benzene rings is 1. The first-order chi connectivity index (χ1) is 9.82. The van der Waals surface area contributed by atoms with Crippen molar-refractivity contribution >= 4 is 17.3 Å². The lowest BCUT2D eigenvalue weighted by molar-refractivity contribution is 0.0600. The van der Waals surface area contributed by atoms with Crippen LogP contribution in [0, 0.1) is 12.3 Å². The second-order valence-electron chi connectivity index (χ2n) is 6.85. The van der Waals surface area contributed by atoms with Gasteiger partial charge in [-0.25, -0.2) is 4.79 Å². The van der Waals surface area contributed by atoms with Crippen molar-refractivity contribution in [1.29, 1.82) is 0 Å². The van der Waals surface area contributed by atoms with Gasteiger partial charge in [0.1, 0.15) is 0 Å². The molecule has 1 atom stereocenters. The van der Waals surface area contributed by atoms with Crippen LogP contribution in [0.1, 0.15) is 55.5 Å². The van der Waals surface area contributed by atoms with Crippen LogP contribution in [-0.2, 0) is 4.74 Å². The molecule has 2 rings (SSSR count). The Balaban J connectivity index is 2.17. The first-order valence-corrected chi connectivity index (χ1v) is 7.57. The number of nitrogens with one attached hydrogen (secondary N) is 1. The largest absolute Gasteiger partial charge is 0.465 e. The van der Waals surface area contributed by atoms with Crippen LogP contribution in [0.2, 0.25) is 0 Å². The van der Waals surface area contributed by atoms with E-state index in [1.54, 1.807) is 6.07 Å². The number of nitrogen functional groups attached to an aromatic ring is 1. The summed E-state index contributed by atoms with van der Waals surface area (Å²) < 4.78 is 4.77. The van der Waals surface area contributed by atoms with E-state index >= 15 is 0 Å². The maximum Gasteiger partial charge on any atom is 0.338 e. The van der Waals surface area contributed by atoms with Gasteiger partial charge in [0.05, 0.1) is 24.0 Å². The van der Waals surface area contributed by atoms with E-state index in [-0.39, 0.29) is 5.97 Å². The molecule has 116 valence electrons. The minimum atomic E-state index is -0.343. The SMILES string of the molecule is COC(=O)c1cc(N)c(NC2CCCC(C)(C)C2)cc1C. The number of carbonyl (C=O) groups excluding carboxylic acids is 1. The average Bonchev–Trinajstić information content (AvgIpc) is 2.40. The fourth-order valence-electron chi connectivity index (χ4n) is 3.22. The Morgan fingerprint density at radius 2 is 2.14 bits per heavy atom. The van der Waals surface area contributed by atoms with Crippen molar-refractivity contribution in [2.24, 2.45) is 5.41 Å². The third-order valence-corrected chi connectivity index (χ3v) is 4.37. The number of carbonyl (C=O) groups is 1. The van der Waals surface area contributed by atoms with Gasteiger partial charge in [-0.3, -0.25) is 0 Å². The van der Waals surface area contributed by atoms with Crippen molar-refractivity contribution in [1.82, 2.24) is 0 Å². The Hall–Kier alpha value is -1.71. The molecule has 0 aliphatic heterocycles. The highest BCUT2D eigenvalue weighted by Gasteiger charge is 2.28. The third kappa shape index (κ3) is 3.69. The number of methoxy groups -OCH3 is 1. The molecule has 0 bridgehead atoms. The Labute approximate surface area is 127 Å². The Bertz CT molecular complexity index is 538. The lowest BCUT2D eigenvalue weighted by Gasteiger charge is -2.36. The number of aryl methyl sites for hydroxylation is 1. The van der Waals surface area contributed by atoms with Gasteiger partial charge >= 0.3 is 5.97 Å². The minimum Gasteiger partial charge on any atom is -0.465 e. The molecular weight excluding hydrogens is 264 g/mol. The van der Waals surface area contributed by atoms with Gasteiger partial charge < -0.3 is 15.8 Å². The monoisotopic (exact) mass is 290 g/mol. The third-order valence-electron chi connectivity index (χ3n) is 4.37. The molecule has 1 aromatic rings. The fraction of sp³-hybridized carbons (Fsp3) is 0.588. The van der Waals surface area contributed by atoms with Gasteiger partial charge in [-0.15, -0.1) is 0 Å². The summed E-state index contributed by atoms with van der Waals surface area (Å²) in [4.78, 5) is 11.7. The van der Waals surface area contributed by atoms with Crippen molar-refractivity contribution in [3.8, 4) is 0 Å². The molecular formula is C17H26N2O2. The van der Waals surface area contributed by atoms with Crippen LogP contribution >= 0.6 is 0 Å². The maximum absolute atomic E-state index is 11.7. The van der Waals surface area contributed by atoms with E-state index < -0.39 is 0 Å². The number of rotatable bonds is 3. The van der Waals surface area contributed by atoms with Crippen LogP contribution in [-0.4, -0.2) is 19.1 Å². The van der Waals surface area contributed by atoms with Crippen LogP contribution in [0.4, 0.5) is 11.4 Å². The highest BCUT2D eigenvalue weighted by Crippen LogP contribution is 2.37. The number of hydrogen-bond acceptors (Lipinski definition) is 4. The second kappa shape index (κ2) is 5.96. The second-order valence-corrected chi connectivity index (χ2v) is 6.85. The molecule has 1 aliphatic carbocycles. The maximum atomic E-state index is 11.7. The molecule has 0 radical (unpaired) electrons. The molecule has 1 aliphatic rings. The zero-order valence-corrected chi connectivity index (χ0v) is 13.5. The predicted octanol–water partition coefficient (Wildman–Crippen LogP) is 3.74. The van der Waals surface area contributed by atoms with Crippen LogP contribution in [0.5, 0.6) is 0 Å². The van der Waals surface area contributed by atoms with Crippen molar-refractivity contribution < 1.29 is 9.53 Å². The summed E-state index contributed by atoms with van der Waals surface area (Å²) in [6.07, 6.45) is 4.83. The van der Waals surface area contributed by atoms with Crippen LogP contribution in [0.3, 0.4) is 0 Å². The molecule has 1 unspecified atom stereocenters. The number of nitrogens with two attached hydrogens (primary N) is 1. The highest BCUT2D eigenvalue weighted by atomic mass is 16.5. The van der Waals surface area contributed by atoms with E-state index in [2.05, 4.69) is 19.2 Å². The molecule has 4 nitrogen and oxygen atoms in total. The molecule has 0 aromatic heterocycles. The van der Waals surface area contributed by atoms with Gasteiger partial charge in [0.15, 0.2) is 0 Å². The van der Waals surface area contributed by atoms with Gasteiger partial charge in [0.2, 0.25) is 0 Å². The molecule has 21 heavy (non-hydrogen) atoms. The summed E-state index contributed by atoms with van der Waals surface area (Å²) in [5.41, 5.74) is 9.41. The predicted molar refractivity (Wildman–Crippen MR) is 86.6 cm³/mol. The number of ether oxygens (including phenoxy) is 1. The molecule has 1 aromatic carbocycles. The van der Waals surface area contributed by atoms with Crippen LogP contribution < -0.4 is 11.1 Å². The van der Waals surface area contributed by atoms with E-state index in [1.807, 2.05) is 13.0 Å². The van der Waals surface area contributed by atoms with Crippen molar-refractivity contribution in [3.05, 3.63) is 23.3 Å². The van der Waals surface area contributed by atoms with Crippen molar-refractivity contribution in [2.75, 3.05) is 18.2 Å². The van der Waals surface area contributed by atoms with E-state index in [1.165, 1.54) is 26.4 Å². The summed E-state index contributed by atoms with van der Waals surface area (Å²) in [5, 5.41) is 3.55. The number of anilines is 2. The van der Waals surface area contributed by atoms with Gasteiger partial charge in [0, 0.05) is 6.04 Å². The van der Waals surface area contributed by atoms with Crippen molar-refractivity contribution in [3.63, 3.8) is 0 Å². The lowest BCUT2D eigenvalue weighted by Crippen LogP contribution is -2.32. The molecule has 0 spiro atoms. The molecule has 0 heterocycles. The summed E-state index contributed by atoms with van der Waals surface area (Å²) in [5.74, 6) is -0.343. The normalized spacial score (nSPS) is 20.9. The van der Waals surface area contributed by atoms with Crippen molar-refractivity contribution in [2.45, 2.75) is 52.5 Å². The van der Waals surface area contributed by atoms with Gasteiger partial charge in [-0.2, -0.15) is 0 Å². The molecule has 1 saturated carbocycles. The quantitative estimate of drug-likeness (QED) is 0.657. The lowest BCUT2D eigenvalue weighted by atomic mass is 9.75. The highest BCUT2D eigenvalue weighted by molar-refractivity contribution is 5.93. The van der Waals surface area contributed by atoms with E-state index in [0.717, 1.165) is 17.7 Å². The Morgan fingerprint density at radius 1 is 1.43 bits per heavy atom. The number of esters is 1. The fourth-order valence-corrected chi connectivity index (χ4v) is 3.22. The van der Waals surface area contributed by atoms with E-state index in [4.69, 9.17) is 10.5 Å². The Kier molecular flexibility index (Phi) is 4.45. The summed E-state index contributed by atoms with van der Waals surface area (Å²) in [7, 11) is 1.38. The molecule has 4 heteroatoms. The smallest absolute Gasteiger partial charge is 0.338 e.